The number of benzene rings is 1. The molecule has 0 aliphatic rings. The van der Waals surface area contributed by atoms with Gasteiger partial charge in [0.15, 0.2) is 0 Å². The highest BCUT2D eigenvalue weighted by Crippen LogP contribution is 2.18. The second kappa shape index (κ2) is 4.39. The molecule has 0 saturated heterocycles. The summed E-state index contributed by atoms with van der Waals surface area (Å²) in [5, 5.41) is 2.73. The Hall–Kier alpha value is -2.14. The van der Waals surface area contributed by atoms with Gasteiger partial charge in [0.2, 0.25) is 11.7 Å². The number of nitrogens with one attached hydrogen (secondary N) is 1. The molecule has 0 atom stereocenters. The molecule has 0 bridgehead atoms. The van der Waals surface area contributed by atoms with Crippen LogP contribution in [0.5, 0.6) is 0 Å². The standard InChI is InChI=1S/C11H6ClNO4/c12-6-1-2-9-7(3-6)11(16)8(5-17-9)13-10(15)4-14/h1-5H,(H,13,15). The number of halogens is 1. The molecule has 17 heavy (non-hydrogen) atoms. The molecule has 0 spiro atoms. The molecule has 1 aromatic heterocycles. The van der Waals surface area contributed by atoms with Gasteiger partial charge in [-0.2, -0.15) is 0 Å². The fourth-order valence-electron chi connectivity index (χ4n) is 1.35. The monoisotopic (exact) mass is 251 g/mol. The normalized spacial score (nSPS) is 10.2. The topological polar surface area (TPSA) is 76.4 Å². The average molecular weight is 252 g/mol. The van der Waals surface area contributed by atoms with Gasteiger partial charge >= 0.3 is 0 Å². The molecule has 2 aromatic rings. The van der Waals surface area contributed by atoms with Crippen LogP contribution in [0.15, 0.2) is 33.7 Å². The summed E-state index contributed by atoms with van der Waals surface area (Å²) in [6.07, 6.45) is 1.15. The minimum atomic E-state index is -0.918. The highest BCUT2D eigenvalue weighted by atomic mass is 35.5. The van der Waals surface area contributed by atoms with Gasteiger partial charge in [-0.3, -0.25) is 14.4 Å². The summed E-state index contributed by atoms with van der Waals surface area (Å²) in [4.78, 5) is 32.9. The molecular formula is C11H6ClNO4. The average Bonchev–Trinajstić information content (AvgIpc) is 2.33. The van der Waals surface area contributed by atoms with E-state index in [1.807, 2.05) is 0 Å². The summed E-state index contributed by atoms with van der Waals surface area (Å²) in [5.74, 6) is -0.918. The molecule has 5 nitrogen and oxygen atoms in total. The third-order valence-corrected chi connectivity index (χ3v) is 2.33. The number of amides is 1. The summed E-state index contributed by atoms with van der Waals surface area (Å²) in [6, 6.07) is 4.56. The smallest absolute Gasteiger partial charge is 0.288 e. The van der Waals surface area contributed by atoms with Gasteiger partial charge in [0.1, 0.15) is 17.5 Å². The Bertz CT molecular complexity index is 662. The molecular weight excluding hydrogens is 246 g/mol. The van der Waals surface area contributed by atoms with Gasteiger partial charge in [-0.25, -0.2) is 0 Å². The Morgan fingerprint density at radius 1 is 1.41 bits per heavy atom. The maximum atomic E-state index is 11.9. The van der Waals surface area contributed by atoms with Crippen LogP contribution < -0.4 is 10.7 Å². The Morgan fingerprint density at radius 3 is 2.88 bits per heavy atom. The molecule has 0 fully saturated rings. The fourth-order valence-corrected chi connectivity index (χ4v) is 1.52. The van der Waals surface area contributed by atoms with Crippen LogP contribution in [-0.2, 0) is 9.59 Å². The van der Waals surface area contributed by atoms with Crippen LogP contribution in [0.4, 0.5) is 5.69 Å². The molecule has 6 heteroatoms. The maximum absolute atomic E-state index is 11.9. The van der Waals surface area contributed by atoms with Crippen molar-refractivity contribution >= 4 is 40.5 Å². The number of aldehydes is 1. The van der Waals surface area contributed by atoms with Crippen LogP contribution in [-0.4, -0.2) is 12.2 Å². The number of fused-ring (bicyclic) bond motifs is 1. The van der Waals surface area contributed by atoms with Crippen molar-refractivity contribution in [2.45, 2.75) is 0 Å². The minimum Gasteiger partial charge on any atom is -0.462 e. The van der Waals surface area contributed by atoms with Gasteiger partial charge in [-0.1, -0.05) is 11.6 Å². The Morgan fingerprint density at radius 2 is 2.18 bits per heavy atom. The first-order chi connectivity index (χ1) is 8.11. The van der Waals surface area contributed by atoms with E-state index in [1.54, 1.807) is 12.1 Å². The molecule has 0 aliphatic carbocycles. The van der Waals surface area contributed by atoms with Crippen molar-refractivity contribution in [1.82, 2.24) is 0 Å². The van der Waals surface area contributed by atoms with E-state index in [4.69, 9.17) is 16.0 Å². The predicted molar refractivity (Wildman–Crippen MR) is 62.2 cm³/mol. The number of hydrogen-bond acceptors (Lipinski definition) is 4. The second-order valence-corrected chi connectivity index (χ2v) is 3.66. The Balaban J connectivity index is 2.60. The largest absolute Gasteiger partial charge is 0.462 e. The summed E-state index contributed by atoms with van der Waals surface area (Å²) < 4.78 is 5.13. The van der Waals surface area contributed by atoms with Gasteiger partial charge in [-0.05, 0) is 18.2 Å². The lowest BCUT2D eigenvalue weighted by Gasteiger charge is -2.02. The lowest BCUT2D eigenvalue weighted by atomic mass is 10.2. The number of hydrogen-bond donors (Lipinski definition) is 1. The van der Waals surface area contributed by atoms with Crippen LogP contribution >= 0.6 is 11.6 Å². The predicted octanol–water partition coefficient (Wildman–Crippen LogP) is 1.58. The third-order valence-electron chi connectivity index (χ3n) is 2.10. The van der Waals surface area contributed by atoms with Crippen LogP contribution in [0, 0.1) is 0 Å². The zero-order valence-corrected chi connectivity index (χ0v) is 9.15. The first kappa shape index (κ1) is 11.3. The van der Waals surface area contributed by atoms with Crippen LogP contribution in [0.25, 0.3) is 11.0 Å². The van der Waals surface area contributed by atoms with Gasteiger partial charge in [0.25, 0.3) is 5.91 Å². The van der Waals surface area contributed by atoms with E-state index in [0.29, 0.717) is 10.6 Å². The van der Waals surface area contributed by atoms with Crippen molar-refractivity contribution in [3.8, 4) is 0 Å². The van der Waals surface area contributed by atoms with E-state index in [1.165, 1.54) is 6.07 Å². The number of rotatable bonds is 2. The first-order valence-corrected chi connectivity index (χ1v) is 4.97. The third kappa shape index (κ3) is 2.19. The molecule has 1 aromatic carbocycles. The van der Waals surface area contributed by atoms with Crippen molar-refractivity contribution in [3.05, 3.63) is 39.7 Å². The van der Waals surface area contributed by atoms with Crippen molar-refractivity contribution in [2.75, 3.05) is 5.32 Å². The van der Waals surface area contributed by atoms with E-state index in [-0.39, 0.29) is 17.4 Å². The summed E-state index contributed by atoms with van der Waals surface area (Å²) in [6.45, 7) is 0. The first-order valence-electron chi connectivity index (χ1n) is 4.59. The fraction of sp³-hybridized carbons (Fsp3) is 0. The van der Waals surface area contributed by atoms with Gasteiger partial charge in [-0.15, -0.1) is 0 Å². The number of anilines is 1. The molecule has 0 radical (unpaired) electrons. The van der Waals surface area contributed by atoms with Crippen LogP contribution in [0.1, 0.15) is 0 Å². The van der Waals surface area contributed by atoms with E-state index in [9.17, 15) is 14.4 Å². The van der Waals surface area contributed by atoms with E-state index >= 15 is 0 Å². The quantitative estimate of drug-likeness (QED) is 0.649. The van der Waals surface area contributed by atoms with Gasteiger partial charge < -0.3 is 9.73 Å². The van der Waals surface area contributed by atoms with Crippen molar-refractivity contribution in [2.24, 2.45) is 0 Å². The van der Waals surface area contributed by atoms with Gasteiger partial charge in [0.05, 0.1) is 5.39 Å². The summed E-state index contributed by atoms with van der Waals surface area (Å²) in [5.41, 5.74) is -0.204. The molecule has 2 rings (SSSR count). The molecule has 86 valence electrons. The summed E-state index contributed by atoms with van der Waals surface area (Å²) in [7, 11) is 0. The number of carbonyl (C=O) groups excluding carboxylic acids is 2. The van der Waals surface area contributed by atoms with Gasteiger partial charge in [0, 0.05) is 5.02 Å². The highest BCUT2D eigenvalue weighted by molar-refractivity contribution is 6.31. The van der Waals surface area contributed by atoms with Crippen molar-refractivity contribution < 1.29 is 14.0 Å². The summed E-state index contributed by atoms with van der Waals surface area (Å²) >= 11 is 5.75. The maximum Gasteiger partial charge on any atom is 0.288 e. The second-order valence-electron chi connectivity index (χ2n) is 3.23. The zero-order chi connectivity index (χ0) is 12.4. The number of carbonyl (C=O) groups is 2. The van der Waals surface area contributed by atoms with Crippen molar-refractivity contribution in [1.29, 1.82) is 0 Å². The minimum absolute atomic E-state index is 0.0710. The zero-order valence-electron chi connectivity index (χ0n) is 8.40. The Kier molecular flexibility index (Phi) is 2.93. The SMILES string of the molecule is O=CC(=O)Nc1coc2ccc(Cl)cc2c1=O. The lowest BCUT2D eigenvalue weighted by Crippen LogP contribution is -2.18. The molecule has 1 amide bonds. The lowest BCUT2D eigenvalue weighted by molar-refractivity contribution is -0.127. The van der Waals surface area contributed by atoms with Crippen LogP contribution in [0.3, 0.4) is 0 Å². The van der Waals surface area contributed by atoms with E-state index in [0.717, 1.165) is 6.26 Å². The van der Waals surface area contributed by atoms with Crippen LogP contribution in [0.2, 0.25) is 5.02 Å². The molecule has 0 saturated carbocycles. The Labute approximate surface area is 100.0 Å². The van der Waals surface area contributed by atoms with E-state index in [2.05, 4.69) is 5.32 Å². The van der Waals surface area contributed by atoms with E-state index < -0.39 is 11.3 Å². The molecule has 0 aliphatic heterocycles. The molecule has 1 heterocycles. The molecule has 0 unspecified atom stereocenters. The van der Waals surface area contributed by atoms with Crippen molar-refractivity contribution in [3.63, 3.8) is 0 Å². The molecule has 1 N–H and O–H groups in total. The highest BCUT2D eigenvalue weighted by Gasteiger charge is 2.09.